The second kappa shape index (κ2) is 8.42. The molecule has 1 N–H and O–H groups in total. The molecule has 1 amide bonds. The summed E-state index contributed by atoms with van der Waals surface area (Å²) in [7, 11) is 0. The van der Waals surface area contributed by atoms with Gasteiger partial charge in [0.1, 0.15) is 9.72 Å². The summed E-state index contributed by atoms with van der Waals surface area (Å²) in [5.41, 5.74) is 1.72. The van der Waals surface area contributed by atoms with Gasteiger partial charge in [0.05, 0.1) is 5.75 Å². The smallest absolute Gasteiger partial charge is 0.234 e. The summed E-state index contributed by atoms with van der Waals surface area (Å²) in [5, 5.41) is 13.6. The maximum atomic E-state index is 12.0. The van der Waals surface area contributed by atoms with Crippen LogP contribution >= 0.6 is 35.7 Å². The van der Waals surface area contributed by atoms with Crippen molar-refractivity contribution in [3.05, 3.63) is 23.8 Å². The highest BCUT2D eigenvalue weighted by atomic mass is 32.2. The van der Waals surface area contributed by atoms with Gasteiger partial charge in [0, 0.05) is 23.7 Å². The Balaban J connectivity index is 1.84. The molecule has 116 valence electrons. The van der Waals surface area contributed by atoms with Crippen LogP contribution in [0.4, 0.5) is 5.69 Å². The predicted octanol–water partition coefficient (Wildman–Crippen LogP) is 3.62. The Labute approximate surface area is 144 Å². The molecule has 7 heteroatoms. The van der Waals surface area contributed by atoms with Crippen molar-refractivity contribution < 1.29 is 4.79 Å². The second-order valence-corrected chi connectivity index (χ2v) is 7.43. The lowest BCUT2D eigenvalue weighted by Gasteiger charge is -2.17. The van der Waals surface area contributed by atoms with Gasteiger partial charge < -0.3 is 10.2 Å². The van der Waals surface area contributed by atoms with Gasteiger partial charge in [-0.15, -0.1) is 0 Å². The first kappa shape index (κ1) is 17.1. The highest BCUT2D eigenvalue weighted by Gasteiger charge is 2.16. The molecule has 1 fully saturated rings. The molecule has 1 aliphatic rings. The topological polar surface area (TPSA) is 56.1 Å². The van der Waals surface area contributed by atoms with Crippen LogP contribution in [0, 0.1) is 17.6 Å². The summed E-state index contributed by atoms with van der Waals surface area (Å²) < 4.78 is 0.810. The Hall–Kier alpha value is -1.23. The summed E-state index contributed by atoms with van der Waals surface area (Å²) in [6.45, 7) is 3.92. The van der Waals surface area contributed by atoms with Crippen molar-refractivity contribution in [2.24, 2.45) is 0 Å². The average molecular weight is 352 g/mol. The van der Waals surface area contributed by atoms with Crippen LogP contribution < -0.4 is 5.32 Å². The fraction of sp³-hybridized carbons (Fsp3) is 0.400. The zero-order valence-electron chi connectivity index (χ0n) is 12.3. The van der Waals surface area contributed by atoms with E-state index >= 15 is 0 Å². The number of anilines is 1. The van der Waals surface area contributed by atoms with Gasteiger partial charge in [-0.1, -0.05) is 24.0 Å². The molecule has 1 saturated heterocycles. The van der Waals surface area contributed by atoms with Crippen molar-refractivity contribution in [3.63, 3.8) is 0 Å². The number of thiocarbonyl (C=S) groups is 1. The molecule has 2 rings (SSSR count). The van der Waals surface area contributed by atoms with Crippen LogP contribution in [-0.4, -0.2) is 34.0 Å². The standard InChI is InChI=1S/C15H17N3OS3/c1-11-8-12(22-10-16)4-5-13(11)17-14(19)9-21-15(20)18-6-2-3-7-18/h4-5,8H,2-3,6-7,9H2,1H3,(H,17,19). The number of thiocyanates is 1. The number of rotatable bonds is 4. The lowest BCUT2D eigenvalue weighted by molar-refractivity contribution is -0.113. The molecule has 4 nitrogen and oxygen atoms in total. The summed E-state index contributed by atoms with van der Waals surface area (Å²) in [5.74, 6) is 0.263. The highest BCUT2D eigenvalue weighted by molar-refractivity contribution is 8.23. The molecule has 1 aromatic carbocycles. The highest BCUT2D eigenvalue weighted by Crippen LogP contribution is 2.23. The van der Waals surface area contributed by atoms with E-state index in [0.29, 0.717) is 5.75 Å². The summed E-state index contributed by atoms with van der Waals surface area (Å²) in [6, 6.07) is 5.56. The largest absolute Gasteiger partial charge is 0.358 e. The van der Waals surface area contributed by atoms with E-state index in [4.69, 9.17) is 17.5 Å². The van der Waals surface area contributed by atoms with E-state index in [9.17, 15) is 4.79 Å². The third kappa shape index (κ3) is 4.90. The number of nitriles is 1. The Morgan fingerprint density at radius 3 is 2.82 bits per heavy atom. The summed E-state index contributed by atoms with van der Waals surface area (Å²) >= 11 is 7.87. The molecule has 1 heterocycles. The van der Waals surface area contributed by atoms with E-state index in [2.05, 4.69) is 10.2 Å². The maximum Gasteiger partial charge on any atom is 0.234 e. The average Bonchev–Trinajstić information content (AvgIpc) is 3.02. The summed E-state index contributed by atoms with van der Waals surface area (Å²) in [4.78, 5) is 15.1. The van der Waals surface area contributed by atoms with Crippen molar-refractivity contribution in [1.29, 1.82) is 5.26 Å². The number of hydrogen-bond donors (Lipinski definition) is 1. The first-order chi connectivity index (χ1) is 10.6. The Kier molecular flexibility index (Phi) is 6.55. The quantitative estimate of drug-likeness (QED) is 0.508. The third-order valence-electron chi connectivity index (χ3n) is 3.33. The predicted molar refractivity (Wildman–Crippen MR) is 97.1 cm³/mol. The van der Waals surface area contributed by atoms with Crippen LogP contribution in [0.5, 0.6) is 0 Å². The van der Waals surface area contributed by atoms with Gasteiger partial charge in [0.25, 0.3) is 0 Å². The first-order valence-electron chi connectivity index (χ1n) is 6.98. The first-order valence-corrected chi connectivity index (χ1v) is 9.19. The number of carbonyl (C=O) groups excluding carboxylic acids is 1. The molecule has 1 aromatic rings. The third-order valence-corrected chi connectivity index (χ3v) is 5.43. The van der Waals surface area contributed by atoms with E-state index in [1.54, 1.807) is 0 Å². The maximum absolute atomic E-state index is 12.0. The van der Waals surface area contributed by atoms with E-state index in [-0.39, 0.29) is 5.91 Å². The van der Waals surface area contributed by atoms with Gasteiger partial charge in [0.15, 0.2) is 0 Å². The fourth-order valence-corrected chi connectivity index (χ4v) is 3.73. The van der Waals surface area contributed by atoms with Gasteiger partial charge in [-0.05, 0) is 55.3 Å². The van der Waals surface area contributed by atoms with Crippen LogP contribution in [-0.2, 0) is 4.79 Å². The zero-order valence-corrected chi connectivity index (χ0v) is 14.7. The van der Waals surface area contributed by atoms with Crippen molar-refractivity contribution in [2.75, 3.05) is 24.2 Å². The SMILES string of the molecule is Cc1cc(SC#N)ccc1NC(=O)CSC(=S)N1CCCC1. The van der Waals surface area contributed by atoms with Gasteiger partial charge in [0.2, 0.25) is 5.91 Å². The normalized spacial score (nSPS) is 13.7. The van der Waals surface area contributed by atoms with Crippen LogP contribution in [0.3, 0.4) is 0 Å². The molecule has 0 atom stereocenters. The van der Waals surface area contributed by atoms with Crippen LogP contribution in [0.2, 0.25) is 0 Å². The van der Waals surface area contributed by atoms with Gasteiger partial charge >= 0.3 is 0 Å². The zero-order chi connectivity index (χ0) is 15.9. The fourth-order valence-electron chi connectivity index (χ4n) is 2.20. The number of thioether (sulfide) groups is 2. The Bertz CT molecular complexity index is 607. The number of likely N-dealkylation sites (tertiary alicyclic amines) is 1. The van der Waals surface area contributed by atoms with E-state index in [1.807, 2.05) is 30.5 Å². The van der Waals surface area contributed by atoms with Gasteiger partial charge in [-0.2, -0.15) is 5.26 Å². The number of benzene rings is 1. The molecular formula is C15H17N3OS3. The lowest BCUT2D eigenvalue weighted by atomic mass is 10.2. The molecule has 1 aliphatic heterocycles. The van der Waals surface area contributed by atoms with Crippen LogP contribution in [0.1, 0.15) is 18.4 Å². The number of amides is 1. The Morgan fingerprint density at radius 1 is 1.45 bits per heavy atom. The van der Waals surface area contributed by atoms with Crippen molar-refractivity contribution in [2.45, 2.75) is 24.7 Å². The number of nitrogens with zero attached hydrogens (tertiary/aromatic N) is 2. The lowest BCUT2D eigenvalue weighted by Crippen LogP contribution is -2.25. The molecular weight excluding hydrogens is 334 g/mol. The molecule has 0 aromatic heterocycles. The van der Waals surface area contributed by atoms with E-state index in [1.165, 1.54) is 24.6 Å². The number of carbonyl (C=O) groups is 1. The van der Waals surface area contributed by atoms with E-state index in [0.717, 1.165) is 45.3 Å². The molecule has 22 heavy (non-hydrogen) atoms. The Morgan fingerprint density at radius 2 is 2.18 bits per heavy atom. The molecule has 0 unspecified atom stereocenters. The molecule has 0 bridgehead atoms. The monoisotopic (exact) mass is 351 g/mol. The van der Waals surface area contributed by atoms with Crippen molar-refractivity contribution >= 4 is 51.7 Å². The molecule has 0 radical (unpaired) electrons. The minimum atomic E-state index is -0.0599. The van der Waals surface area contributed by atoms with Gasteiger partial charge in [-0.3, -0.25) is 4.79 Å². The minimum Gasteiger partial charge on any atom is -0.358 e. The van der Waals surface area contributed by atoms with Crippen LogP contribution in [0.15, 0.2) is 23.1 Å². The van der Waals surface area contributed by atoms with Crippen molar-refractivity contribution in [1.82, 2.24) is 4.90 Å². The number of aryl methyl sites for hydroxylation is 1. The summed E-state index contributed by atoms with van der Waals surface area (Å²) in [6.07, 6.45) is 2.36. The van der Waals surface area contributed by atoms with Crippen molar-refractivity contribution in [3.8, 4) is 5.40 Å². The number of hydrogen-bond acceptors (Lipinski definition) is 5. The number of nitrogens with one attached hydrogen (secondary N) is 1. The molecule has 0 aliphatic carbocycles. The van der Waals surface area contributed by atoms with Crippen LogP contribution in [0.25, 0.3) is 0 Å². The molecule has 0 spiro atoms. The minimum absolute atomic E-state index is 0.0599. The van der Waals surface area contributed by atoms with E-state index < -0.39 is 0 Å². The van der Waals surface area contributed by atoms with Gasteiger partial charge in [-0.25, -0.2) is 0 Å². The second-order valence-electron chi connectivity index (χ2n) is 4.97. The molecule has 0 saturated carbocycles.